The number of pyridine rings is 1. The second-order valence-electron chi connectivity index (χ2n) is 7.42. The summed E-state index contributed by atoms with van der Waals surface area (Å²) in [5, 5.41) is 13.2. The fourth-order valence-corrected chi connectivity index (χ4v) is 2.86. The molecule has 1 unspecified atom stereocenters. The lowest BCUT2D eigenvalue weighted by molar-refractivity contribution is 0.164. The van der Waals surface area contributed by atoms with E-state index in [1.807, 2.05) is 6.07 Å². The van der Waals surface area contributed by atoms with Crippen molar-refractivity contribution in [3.63, 3.8) is 0 Å². The lowest BCUT2D eigenvalue weighted by Gasteiger charge is -2.37. The normalized spacial score (nSPS) is 17.3. The second kappa shape index (κ2) is 6.81. The quantitative estimate of drug-likeness (QED) is 0.849. The van der Waals surface area contributed by atoms with Gasteiger partial charge in [0.2, 0.25) is 5.89 Å². The van der Waals surface area contributed by atoms with Crippen LogP contribution in [-0.4, -0.2) is 46.2 Å². The van der Waals surface area contributed by atoms with Gasteiger partial charge in [-0.05, 0) is 19.1 Å². The van der Waals surface area contributed by atoms with Crippen LogP contribution in [0, 0.1) is 11.3 Å². The Bertz CT molecular complexity index is 764. The number of nitrogens with zero attached hydrogens (tertiary/aromatic N) is 6. The van der Waals surface area contributed by atoms with Crippen LogP contribution in [0.3, 0.4) is 0 Å². The van der Waals surface area contributed by atoms with Crippen LogP contribution in [0.1, 0.15) is 51.0 Å². The molecule has 0 aliphatic carbocycles. The van der Waals surface area contributed by atoms with E-state index < -0.39 is 0 Å². The first-order valence-corrected chi connectivity index (χ1v) is 8.58. The molecule has 2 aromatic heterocycles. The molecular weight excluding hydrogens is 316 g/mol. The summed E-state index contributed by atoms with van der Waals surface area (Å²) >= 11 is 0. The lowest BCUT2D eigenvalue weighted by atomic mass is 9.96. The van der Waals surface area contributed by atoms with Gasteiger partial charge in [-0.15, -0.1) is 0 Å². The smallest absolute Gasteiger partial charge is 0.243 e. The van der Waals surface area contributed by atoms with Crippen molar-refractivity contribution in [2.45, 2.75) is 39.2 Å². The Balaban J connectivity index is 1.63. The van der Waals surface area contributed by atoms with E-state index in [-0.39, 0.29) is 11.5 Å². The third-order valence-corrected chi connectivity index (χ3v) is 4.53. The second-order valence-corrected chi connectivity index (χ2v) is 7.42. The molecule has 1 fully saturated rings. The summed E-state index contributed by atoms with van der Waals surface area (Å²) in [6, 6.07) is 5.82. The van der Waals surface area contributed by atoms with Crippen molar-refractivity contribution in [2.75, 3.05) is 31.1 Å². The third kappa shape index (κ3) is 3.80. The van der Waals surface area contributed by atoms with Gasteiger partial charge in [-0.3, -0.25) is 4.90 Å². The highest BCUT2D eigenvalue weighted by Gasteiger charge is 2.28. The first-order chi connectivity index (χ1) is 11.9. The Kier molecular flexibility index (Phi) is 4.73. The summed E-state index contributed by atoms with van der Waals surface area (Å²) in [6.07, 6.45) is 1.69. The molecule has 0 amide bonds. The van der Waals surface area contributed by atoms with E-state index in [0.717, 1.165) is 37.8 Å². The number of aromatic nitrogens is 3. The standard InChI is InChI=1S/C18H24N6O/c1-13(16-21-17(22-25-16)18(2,3)4)23-7-9-24(10-8-23)15-11-14(12-19)5-6-20-15/h5-6,11,13H,7-10H2,1-4H3. The van der Waals surface area contributed by atoms with E-state index in [2.05, 4.69) is 58.7 Å². The molecule has 1 aliphatic rings. The number of hydrogen-bond donors (Lipinski definition) is 0. The highest BCUT2D eigenvalue weighted by Crippen LogP contribution is 2.25. The van der Waals surface area contributed by atoms with Crippen LogP contribution in [0.5, 0.6) is 0 Å². The summed E-state index contributed by atoms with van der Waals surface area (Å²) in [5.41, 5.74) is 0.527. The van der Waals surface area contributed by atoms with E-state index >= 15 is 0 Å². The Hall–Kier alpha value is -2.46. The van der Waals surface area contributed by atoms with Crippen LogP contribution in [0.4, 0.5) is 5.82 Å². The SMILES string of the molecule is CC(c1nc(C(C)(C)C)no1)N1CCN(c2cc(C#N)ccn2)CC1. The van der Waals surface area contributed by atoms with Gasteiger partial charge in [-0.1, -0.05) is 25.9 Å². The minimum atomic E-state index is -0.113. The number of piperazine rings is 1. The molecule has 3 rings (SSSR count). The predicted octanol–water partition coefficient (Wildman–Crippen LogP) is 2.52. The van der Waals surface area contributed by atoms with Crippen molar-refractivity contribution in [3.8, 4) is 6.07 Å². The maximum absolute atomic E-state index is 9.03. The van der Waals surface area contributed by atoms with Crippen LogP contribution >= 0.6 is 0 Å². The zero-order valence-corrected chi connectivity index (χ0v) is 15.2. The van der Waals surface area contributed by atoms with Gasteiger partial charge in [0, 0.05) is 37.8 Å². The molecule has 1 aliphatic heterocycles. The molecule has 0 spiro atoms. The predicted molar refractivity (Wildman–Crippen MR) is 94.2 cm³/mol. The van der Waals surface area contributed by atoms with E-state index in [9.17, 15) is 0 Å². The fraction of sp³-hybridized carbons (Fsp3) is 0.556. The molecular formula is C18H24N6O. The van der Waals surface area contributed by atoms with Crippen LogP contribution < -0.4 is 4.90 Å². The molecule has 2 aromatic rings. The lowest BCUT2D eigenvalue weighted by Crippen LogP contribution is -2.47. The maximum atomic E-state index is 9.03. The molecule has 1 atom stereocenters. The molecule has 0 radical (unpaired) electrons. The van der Waals surface area contributed by atoms with Crippen molar-refractivity contribution in [2.24, 2.45) is 0 Å². The molecule has 0 bridgehead atoms. The summed E-state index contributed by atoms with van der Waals surface area (Å²) in [4.78, 5) is 13.5. The molecule has 7 heteroatoms. The monoisotopic (exact) mass is 340 g/mol. The Morgan fingerprint density at radius 2 is 1.96 bits per heavy atom. The van der Waals surface area contributed by atoms with Gasteiger partial charge in [-0.2, -0.15) is 10.2 Å². The molecule has 0 N–H and O–H groups in total. The van der Waals surface area contributed by atoms with Gasteiger partial charge in [0.25, 0.3) is 0 Å². The van der Waals surface area contributed by atoms with Crippen molar-refractivity contribution in [1.82, 2.24) is 20.0 Å². The van der Waals surface area contributed by atoms with Crippen molar-refractivity contribution >= 4 is 5.82 Å². The van der Waals surface area contributed by atoms with Crippen LogP contribution in [0.2, 0.25) is 0 Å². The highest BCUT2D eigenvalue weighted by molar-refractivity contribution is 5.45. The molecule has 1 saturated heterocycles. The minimum Gasteiger partial charge on any atom is -0.354 e. The summed E-state index contributed by atoms with van der Waals surface area (Å²) < 4.78 is 5.48. The Morgan fingerprint density at radius 1 is 1.24 bits per heavy atom. The van der Waals surface area contributed by atoms with Crippen molar-refractivity contribution in [3.05, 3.63) is 35.6 Å². The highest BCUT2D eigenvalue weighted by atomic mass is 16.5. The van der Waals surface area contributed by atoms with Gasteiger partial charge >= 0.3 is 0 Å². The molecule has 132 valence electrons. The Morgan fingerprint density at radius 3 is 2.56 bits per heavy atom. The average Bonchev–Trinajstić information content (AvgIpc) is 3.12. The Labute approximate surface area is 148 Å². The number of hydrogen-bond acceptors (Lipinski definition) is 7. The topological polar surface area (TPSA) is 82.1 Å². The van der Waals surface area contributed by atoms with Gasteiger partial charge in [-0.25, -0.2) is 4.98 Å². The zero-order valence-electron chi connectivity index (χ0n) is 15.2. The van der Waals surface area contributed by atoms with E-state index in [4.69, 9.17) is 9.78 Å². The number of rotatable bonds is 3. The van der Waals surface area contributed by atoms with Gasteiger partial charge in [0.1, 0.15) is 5.82 Å². The van der Waals surface area contributed by atoms with Crippen LogP contribution in [-0.2, 0) is 5.41 Å². The molecule has 0 aromatic carbocycles. The number of anilines is 1. The fourth-order valence-electron chi connectivity index (χ4n) is 2.86. The molecule has 0 saturated carbocycles. The van der Waals surface area contributed by atoms with Gasteiger partial charge in [0.15, 0.2) is 5.82 Å². The van der Waals surface area contributed by atoms with Crippen LogP contribution in [0.15, 0.2) is 22.9 Å². The van der Waals surface area contributed by atoms with Crippen molar-refractivity contribution in [1.29, 1.82) is 5.26 Å². The molecule has 25 heavy (non-hydrogen) atoms. The first kappa shape index (κ1) is 17.4. The molecule has 7 nitrogen and oxygen atoms in total. The third-order valence-electron chi connectivity index (χ3n) is 4.53. The van der Waals surface area contributed by atoms with Gasteiger partial charge in [0.05, 0.1) is 17.7 Å². The summed E-state index contributed by atoms with van der Waals surface area (Å²) in [5.74, 6) is 2.27. The van der Waals surface area contributed by atoms with E-state index in [1.54, 1.807) is 12.3 Å². The average molecular weight is 340 g/mol. The summed E-state index contributed by atoms with van der Waals surface area (Å²) in [6.45, 7) is 11.8. The molecule has 3 heterocycles. The van der Waals surface area contributed by atoms with E-state index in [0.29, 0.717) is 11.5 Å². The summed E-state index contributed by atoms with van der Waals surface area (Å²) in [7, 11) is 0. The van der Waals surface area contributed by atoms with Gasteiger partial charge < -0.3 is 9.42 Å². The number of nitriles is 1. The first-order valence-electron chi connectivity index (χ1n) is 8.58. The zero-order chi connectivity index (χ0) is 18.0. The van der Waals surface area contributed by atoms with Crippen molar-refractivity contribution < 1.29 is 4.52 Å². The maximum Gasteiger partial charge on any atom is 0.243 e. The van der Waals surface area contributed by atoms with Crippen LogP contribution in [0.25, 0.3) is 0 Å². The van der Waals surface area contributed by atoms with E-state index in [1.165, 1.54) is 0 Å². The minimum absolute atomic E-state index is 0.0872. The largest absolute Gasteiger partial charge is 0.354 e.